The van der Waals surface area contributed by atoms with Gasteiger partial charge in [-0.15, -0.1) is 9.81 Å². The summed E-state index contributed by atoms with van der Waals surface area (Å²) in [5.41, 5.74) is 0. The fourth-order valence-corrected chi connectivity index (χ4v) is 2.21. The minimum Gasteiger partial charge on any atom is -0.149 e. The van der Waals surface area contributed by atoms with E-state index in [1.54, 1.807) is 0 Å². The Labute approximate surface area is 58.8 Å². The summed E-state index contributed by atoms with van der Waals surface area (Å²) in [6.07, 6.45) is 1.44. The van der Waals surface area contributed by atoms with Crippen molar-refractivity contribution >= 4 is 21.6 Å². The van der Waals surface area contributed by atoms with Gasteiger partial charge in [-0.1, -0.05) is 16.0 Å². The molecule has 0 amide bonds. The second-order valence-electron chi connectivity index (χ2n) is 1.27. The molecule has 1 aliphatic heterocycles. The van der Waals surface area contributed by atoms with Crippen molar-refractivity contribution in [2.75, 3.05) is 0 Å². The van der Waals surface area contributed by atoms with Gasteiger partial charge in [0, 0.05) is 0 Å². The molecule has 0 spiro atoms. The summed E-state index contributed by atoms with van der Waals surface area (Å²) in [5, 5.41) is 5.25. The van der Waals surface area contributed by atoms with Crippen LogP contribution in [-0.4, -0.2) is 5.37 Å². The number of hydrogen-bond acceptors (Lipinski definition) is 6. The summed E-state index contributed by atoms with van der Waals surface area (Å²) in [5.74, 6) is 0. The molecule has 1 heterocycles. The van der Waals surface area contributed by atoms with Gasteiger partial charge in [0.2, 0.25) is 0 Å². The van der Waals surface area contributed by atoms with E-state index in [9.17, 15) is 9.81 Å². The Morgan fingerprint density at radius 2 is 2.33 bits per heavy atom. The smallest absolute Gasteiger partial charge is 0.149 e. The van der Waals surface area contributed by atoms with Crippen molar-refractivity contribution in [1.82, 2.24) is 0 Å². The van der Waals surface area contributed by atoms with Gasteiger partial charge in [-0.2, -0.15) is 0 Å². The maximum atomic E-state index is 9.80. The molecule has 1 aliphatic rings. The van der Waals surface area contributed by atoms with Gasteiger partial charge in [-0.25, -0.2) is 0 Å². The van der Waals surface area contributed by atoms with E-state index in [1.165, 1.54) is 27.7 Å². The van der Waals surface area contributed by atoms with Gasteiger partial charge in [-0.3, -0.25) is 0 Å². The van der Waals surface area contributed by atoms with Crippen LogP contribution in [-0.2, 0) is 0 Å². The monoisotopic (exact) mass is 162 g/mol. The SMILES string of the molecule is O=NC1=CC(N=O)SS1. The molecule has 0 saturated heterocycles. The molecule has 1 rings (SSSR count). The van der Waals surface area contributed by atoms with Crippen molar-refractivity contribution in [2.45, 2.75) is 5.37 Å². The van der Waals surface area contributed by atoms with Crippen molar-refractivity contribution in [2.24, 2.45) is 10.4 Å². The Morgan fingerprint density at radius 1 is 1.56 bits per heavy atom. The second-order valence-corrected chi connectivity index (χ2v) is 3.61. The maximum Gasteiger partial charge on any atom is 0.169 e. The molecule has 0 aromatic rings. The first kappa shape index (κ1) is 6.76. The third-order valence-electron chi connectivity index (χ3n) is 0.711. The molecule has 0 fully saturated rings. The zero-order chi connectivity index (χ0) is 6.69. The van der Waals surface area contributed by atoms with E-state index in [4.69, 9.17) is 0 Å². The van der Waals surface area contributed by atoms with Crippen LogP contribution in [0.4, 0.5) is 0 Å². The first-order valence-electron chi connectivity index (χ1n) is 2.08. The molecule has 1 atom stereocenters. The largest absolute Gasteiger partial charge is 0.169 e. The molecule has 6 heteroatoms. The predicted molar refractivity (Wildman–Crippen MR) is 38.6 cm³/mol. The average Bonchev–Trinajstić information content (AvgIpc) is 2.34. The minimum atomic E-state index is -0.428. The molecule has 0 aromatic heterocycles. The van der Waals surface area contributed by atoms with E-state index in [0.717, 1.165) is 0 Å². The Morgan fingerprint density at radius 3 is 2.67 bits per heavy atom. The molecule has 0 radical (unpaired) electrons. The zero-order valence-electron chi connectivity index (χ0n) is 4.18. The van der Waals surface area contributed by atoms with E-state index in [2.05, 4.69) is 10.4 Å². The van der Waals surface area contributed by atoms with Crippen LogP contribution in [0.2, 0.25) is 0 Å². The molecule has 9 heavy (non-hydrogen) atoms. The van der Waals surface area contributed by atoms with E-state index >= 15 is 0 Å². The molecule has 0 saturated carbocycles. The standard InChI is InChI=1S/C3H2N2O2S2/c6-4-2-1-3(5-7)9-8-2/h1-2H. The first-order valence-corrected chi connectivity index (χ1v) is 4.29. The average molecular weight is 162 g/mol. The van der Waals surface area contributed by atoms with Crippen LogP contribution in [0.25, 0.3) is 0 Å². The summed E-state index contributed by atoms with van der Waals surface area (Å²) in [7, 11) is 2.41. The molecule has 4 nitrogen and oxygen atoms in total. The Balaban J connectivity index is 2.59. The van der Waals surface area contributed by atoms with Crippen molar-refractivity contribution < 1.29 is 0 Å². The van der Waals surface area contributed by atoms with Crippen molar-refractivity contribution in [3.05, 3.63) is 20.9 Å². The maximum absolute atomic E-state index is 9.80. The van der Waals surface area contributed by atoms with Gasteiger partial charge in [-0.05, 0) is 22.0 Å². The summed E-state index contributed by atoms with van der Waals surface area (Å²) in [6.45, 7) is 0. The number of nitroso groups, excluding NO2 is 2. The summed E-state index contributed by atoms with van der Waals surface area (Å²) in [6, 6.07) is 0. The van der Waals surface area contributed by atoms with Crippen LogP contribution in [0.5, 0.6) is 0 Å². The molecule has 48 valence electrons. The lowest BCUT2D eigenvalue weighted by atomic mass is 10.6. The highest BCUT2D eigenvalue weighted by atomic mass is 33.1. The Kier molecular flexibility index (Phi) is 2.23. The van der Waals surface area contributed by atoms with Crippen LogP contribution < -0.4 is 0 Å². The van der Waals surface area contributed by atoms with Crippen LogP contribution in [0.15, 0.2) is 21.5 Å². The highest BCUT2D eigenvalue weighted by molar-refractivity contribution is 8.78. The van der Waals surface area contributed by atoms with E-state index < -0.39 is 5.37 Å². The van der Waals surface area contributed by atoms with Crippen LogP contribution in [0.3, 0.4) is 0 Å². The highest BCUT2D eigenvalue weighted by Gasteiger charge is 2.17. The molecular formula is C3H2N2O2S2. The Hall–Kier alpha value is -0.360. The minimum absolute atomic E-state index is 0.338. The molecule has 0 bridgehead atoms. The summed E-state index contributed by atoms with van der Waals surface area (Å²) < 4.78 is 0. The van der Waals surface area contributed by atoms with Gasteiger partial charge in [0.1, 0.15) is 0 Å². The van der Waals surface area contributed by atoms with Crippen LogP contribution in [0.1, 0.15) is 0 Å². The fourth-order valence-electron chi connectivity index (χ4n) is 0.370. The van der Waals surface area contributed by atoms with Gasteiger partial charge in [0.05, 0.1) is 0 Å². The third kappa shape index (κ3) is 1.52. The third-order valence-corrected chi connectivity index (χ3v) is 3.00. The second kappa shape index (κ2) is 2.98. The number of nitrogens with zero attached hydrogens (tertiary/aromatic N) is 2. The van der Waals surface area contributed by atoms with Gasteiger partial charge >= 0.3 is 0 Å². The highest BCUT2D eigenvalue weighted by Crippen LogP contribution is 2.42. The van der Waals surface area contributed by atoms with Crippen molar-refractivity contribution in [1.29, 1.82) is 0 Å². The van der Waals surface area contributed by atoms with Crippen molar-refractivity contribution in [3.63, 3.8) is 0 Å². The van der Waals surface area contributed by atoms with Gasteiger partial charge in [0.25, 0.3) is 0 Å². The van der Waals surface area contributed by atoms with E-state index in [-0.39, 0.29) is 0 Å². The first-order chi connectivity index (χ1) is 4.36. The van der Waals surface area contributed by atoms with Crippen LogP contribution >= 0.6 is 21.6 Å². The molecule has 1 unspecified atom stereocenters. The van der Waals surface area contributed by atoms with Crippen molar-refractivity contribution in [3.8, 4) is 0 Å². The van der Waals surface area contributed by atoms with E-state index in [0.29, 0.717) is 5.03 Å². The normalized spacial score (nSPS) is 25.3. The molecular weight excluding hydrogens is 160 g/mol. The Bertz CT molecular complexity index is 169. The molecule has 0 aliphatic carbocycles. The topological polar surface area (TPSA) is 58.9 Å². The zero-order valence-corrected chi connectivity index (χ0v) is 5.82. The van der Waals surface area contributed by atoms with E-state index in [1.807, 2.05) is 0 Å². The number of hydrogen-bond donors (Lipinski definition) is 0. The lowest BCUT2D eigenvalue weighted by Crippen LogP contribution is -1.82. The fraction of sp³-hybridized carbons (Fsp3) is 0.333. The predicted octanol–water partition coefficient (Wildman–Crippen LogP) is 2.08. The van der Waals surface area contributed by atoms with Gasteiger partial charge < -0.3 is 0 Å². The lowest BCUT2D eigenvalue weighted by Gasteiger charge is -1.85. The quantitative estimate of drug-likeness (QED) is 0.460. The number of rotatable bonds is 2. The van der Waals surface area contributed by atoms with Gasteiger partial charge in [0.15, 0.2) is 10.4 Å². The molecule has 0 N–H and O–H groups in total. The summed E-state index contributed by atoms with van der Waals surface area (Å²) >= 11 is 0. The lowest BCUT2D eigenvalue weighted by molar-refractivity contribution is 1.14. The summed E-state index contributed by atoms with van der Waals surface area (Å²) in [4.78, 5) is 19.6. The van der Waals surface area contributed by atoms with Crippen LogP contribution in [0, 0.1) is 9.81 Å². The molecule has 0 aromatic carbocycles.